The third kappa shape index (κ3) is 6.25. The number of nitrogens with zero attached hydrogens (tertiary/aromatic N) is 1. The van der Waals surface area contributed by atoms with Crippen LogP contribution in [0.2, 0.25) is 10.2 Å². The molecule has 0 saturated carbocycles. The maximum absolute atomic E-state index is 5.98. The van der Waals surface area contributed by atoms with Crippen LogP contribution in [0.15, 0.2) is 12.1 Å². The molecule has 0 fully saturated rings. The third-order valence-electron chi connectivity index (χ3n) is 2.52. The topological polar surface area (TPSA) is 22.1 Å². The predicted octanol–water partition coefficient (Wildman–Crippen LogP) is 4.88. The van der Waals surface area contributed by atoms with Crippen molar-refractivity contribution in [3.63, 3.8) is 0 Å². The van der Waals surface area contributed by atoms with Crippen molar-refractivity contribution in [3.8, 4) is 0 Å². The van der Waals surface area contributed by atoms with Gasteiger partial charge in [-0.2, -0.15) is 0 Å². The predicted molar refractivity (Wildman–Crippen MR) is 72.7 cm³/mol. The average molecular weight is 276 g/mol. The van der Waals surface area contributed by atoms with Crippen molar-refractivity contribution in [2.75, 3.05) is 6.61 Å². The van der Waals surface area contributed by atoms with Crippen molar-refractivity contribution < 1.29 is 4.74 Å². The second-order valence-electron chi connectivity index (χ2n) is 4.03. The standard InChI is InChI=1S/C13H19Cl2NO/c1-2-3-4-5-6-9-17-10-12-11(14)7-8-13(15)16-12/h7-8H,2-6,9-10H2,1H3. The van der Waals surface area contributed by atoms with Gasteiger partial charge >= 0.3 is 0 Å². The Balaban J connectivity index is 2.15. The van der Waals surface area contributed by atoms with Crippen molar-refractivity contribution in [1.82, 2.24) is 4.98 Å². The highest BCUT2D eigenvalue weighted by Crippen LogP contribution is 2.17. The lowest BCUT2D eigenvalue weighted by Gasteiger charge is -2.05. The van der Waals surface area contributed by atoms with E-state index in [1.165, 1.54) is 25.7 Å². The zero-order valence-electron chi connectivity index (χ0n) is 10.2. The molecule has 0 aliphatic rings. The van der Waals surface area contributed by atoms with Gasteiger partial charge in [0.1, 0.15) is 5.15 Å². The van der Waals surface area contributed by atoms with Gasteiger partial charge in [0, 0.05) is 6.61 Å². The maximum Gasteiger partial charge on any atom is 0.129 e. The molecule has 4 heteroatoms. The van der Waals surface area contributed by atoms with E-state index in [-0.39, 0.29) is 0 Å². The van der Waals surface area contributed by atoms with Crippen molar-refractivity contribution in [1.29, 1.82) is 0 Å². The van der Waals surface area contributed by atoms with E-state index in [2.05, 4.69) is 11.9 Å². The Morgan fingerprint density at radius 1 is 1.12 bits per heavy atom. The Kier molecular flexibility index (Phi) is 7.58. The van der Waals surface area contributed by atoms with Crippen molar-refractivity contribution in [2.45, 2.75) is 45.6 Å². The molecular weight excluding hydrogens is 257 g/mol. The molecule has 0 N–H and O–H groups in total. The highest BCUT2D eigenvalue weighted by atomic mass is 35.5. The molecule has 1 aromatic rings. The Morgan fingerprint density at radius 2 is 1.88 bits per heavy atom. The summed E-state index contributed by atoms with van der Waals surface area (Å²) in [6.45, 7) is 3.41. The van der Waals surface area contributed by atoms with Crippen molar-refractivity contribution in [2.24, 2.45) is 0 Å². The minimum Gasteiger partial charge on any atom is -0.375 e. The van der Waals surface area contributed by atoms with Crippen molar-refractivity contribution in [3.05, 3.63) is 28.0 Å². The van der Waals surface area contributed by atoms with Gasteiger partial charge in [-0.15, -0.1) is 0 Å². The molecule has 0 amide bonds. The molecule has 2 nitrogen and oxygen atoms in total. The summed E-state index contributed by atoms with van der Waals surface area (Å²) in [5.74, 6) is 0. The molecule has 0 radical (unpaired) electrons. The number of unbranched alkanes of at least 4 members (excludes halogenated alkanes) is 4. The van der Waals surface area contributed by atoms with E-state index in [4.69, 9.17) is 27.9 Å². The molecule has 1 aromatic heterocycles. The molecule has 0 aromatic carbocycles. The molecule has 1 heterocycles. The molecule has 0 bridgehead atoms. The monoisotopic (exact) mass is 275 g/mol. The molecule has 96 valence electrons. The van der Waals surface area contributed by atoms with Crippen LogP contribution < -0.4 is 0 Å². The summed E-state index contributed by atoms with van der Waals surface area (Å²) in [5.41, 5.74) is 0.715. The summed E-state index contributed by atoms with van der Waals surface area (Å²) in [5, 5.41) is 1.07. The number of halogens is 2. The van der Waals surface area contributed by atoms with Crippen LogP contribution in [0.4, 0.5) is 0 Å². The number of rotatable bonds is 8. The Morgan fingerprint density at radius 3 is 2.65 bits per heavy atom. The van der Waals surface area contributed by atoms with Crippen LogP contribution >= 0.6 is 23.2 Å². The van der Waals surface area contributed by atoms with Gasteiger partial charge in [0.05, 0.1) is 17.3 Å². The quantitative estimate of drug-likeness (QED) is 0.499. The molecule has 0 aliphatic heterocycles. The first kappa shape index (κ1) is 14.7. The number of aromatic nitrogens is 1. The van der Waals surface area contributed by atoms with Crippen LogP contribution in [0.5, 0.6) is 0 Å². The number of hydrogen-bond acceptors (Lipinski definition) is 2. The van der Waals surface area contributed by atoms with E-state index < -0.39 is 0 Å². The van der Waals surface area contributed by atoms with Crippen molar-refractivity contribution >= 4 is 23.2 Å². The molecule has 17 heavy (non-hydrogen) atoms. The van der Waals surface area contributed by atoms with Gasteiger partial charge in [-0.05, 0) is 18.6 Å². The van der Waals surface area contributed by atoms with Gasteiger partial charge in [0.15, 0.2) is 0 Å². The first-order chi connectivity index (χ1) is 8.24. The van der Waals surface area contributed by atoms with Crippen LogP contribution in [0.1, 0.15) is 44.7 Å². The Labute approximate surface area is 113 Å². The fraction of sp³-hybridized carbons (Fsp3) is 0.615. The zero-order valence-corrected chi connectivity index (χ0v) is 11.7. The molecule has 1 rings (SSSR count). The minimum atomic E-state index is 0.438. The third-order valence-corrected chi connectivity index (χ3v) is 3.07. The summed E-state index contributed by atoms with van der Waals surface area (Å²) in [7, 11) is 0. The SMILES string of the molecule is CCCCCCCOCc1nc(Cl)ccc1Cl. The summed E-state index contributed by atoms with van der Waals surface area (Å²) < 4.78 is 5.53. The lowest BCUT2D eigenvalue weighted by atomic mass is 10.2. The number of ether oxygens (including phenoxy) is 1. The van der Waals surface area contributed by atoms with E-state index in [1.54, 1.807) is 12.1 Å². The lowest BCUT2D eigenvalue weighted by Crippen LogP contribution is -1.99. The first-order valence-corrected chi connectivity index (χ1v) is 6.88. The summed E-state index contributed by atoms with van der Waals surface area (Å²) in [6.07, 6.45) is 6.18. The highest BCUT2D eigenvalue weighted by Gasteiger charge is 2.03. The fourth-order valence-corrected chi connectivity index (χ4v) is 1.86. The summed E-state index contributed by atoms with van der Waals surface area (Å²) in [4.78, 5) is 4.13. The van der Waals surface area contributed by atoms with E-state index in [1.807, 2.05) is 0 Å². The van der Waals surface area contributed by atoms with Gasteiger partial charge in [-0.25, -0.2) is 4.98 Å². The van der Waals surface area contributed by atoms with E-state index in [9.17, 15) is 0 Å². The van der Waals surface area contributed by atoms with Gasteiger partial charge < -0.3 is 4.74 Å². The largest absolute Gasteiger partial charge is 0.375 e. The van der Waals surface area contributed by atoms with Gasteiger partial charge in [-0.1, -0.05) is 55.8 Å². The fourth-order valence-electron chi connectivity index (χ4n) is 1.54. The van der Waals surface area contributed by atoms with Gasteiger partial charge in [-0.3, -0.25) is 0 Å². The van der Waals surface area contributed by atoms with E-state index >= 15 is 0 Å². The number of pyridine rings is 1. The van der Waals surface area contributed by atoms with Crippen LogP contribution in [-0.2, 0) is 11.3 Å². The lowest BCUT2D eigenvalue weighted by molar-refractivity contribution is 0.114. The summed E-state index contributed by atoms with van der Waals surface area (Å²) >= 11 is 11.8. The summed E-state index contributed by atoms with van der Waals surface area (Å²) in [6, 6.07) is 3.43. The molecule has 0 atom stereocenters. The normalized spacial score (nSPS) is 10.8. The van der Waals surface area contributed by atoms with Gasteiger partial charge in [0.2, 0.25) is 0 Å². The molecule has 0 unspecified atom stereocenters. The molecule has 0 aliphatic carbocycles. The van der Waals surface area contributed by atoms with Crippen LogP contribution in [0, 0.1) is 0 Å². The number of hydrogen-bond donors (Lipinski definition) is 0. The van der Waals surface area contributed by atoms with Crippen LogP contribution in [0.3, 0.4) is 0 Å². The van der Waals surface area contributed by atoms with Gasteiger partial charge in [0.25, 0.3) is 0 Å². The Hall–Kier alpha value is -0.310. The van der Waals surface area contributed by atoms with E-state index in [0.717, 1.165) is 13.0 Å². The molecule has 0 saturated heterocycles. The zero-order chi connectivity index (χ0) is 12.5. The van der Waals surface area contributed by atoms with Crippen LogP contribution in [0.25, 0.3) is 0 Å². The Bertz CT molecular complexity index is 331. The highest BCUT2D eigenvalue weighted by molar-refractivity contribution is 6.32. The van der Waals surface area contributed by atoms with Crippen LogP contribution in [-0.4, -0.2) is 11.6 Å². The maximum atomic E-state index is 5.98. The van der Waals surface area contributed by atoms with E-state index in [0.29, 0.717) is 22.5 Å². The molecular formula is C13H19Cl2NO. The smallest absolute Gasteiger partial charge is 0.129 e. The average Bonchev–Trinajstić information content (AvgIpc) is 2.32. The molecule has 0 spiro atoms. The minimum absolute atomic E-state index is 0.438. The first-order valence-electron chi connectivity index (χ1n) is 6.12. The second kappa shape index (κ2) is 8.73. The second-order valence-corrected chi connectivity index (χ2v) is 4.82.